The molecule has 0 aliphatic carbocycles. The molecule has 4 N–H and O–H groups in total. The standard InChI is InChI=1S/C54H69F2N11O12/c1-57-54(73)63-16-9-43-41(34-63)50(62-67(43)37-10-18-74-19-11-37)65-15-3-4-35-30-39(40(49(55)56)31-45(35)65)36-32-60-64(33-36)17-13-59-46(68)12-20-75-22-24-77-26-28-79-29-27-78-25-23-76-21-14-58-42-6-2-5-38-48(42)53(72)66(52(38)71)44-7-8-47(69)61-51(44)70/h2,5-6,30-33,37,44,49,58H,3-4,7-29,34H2,1H3,(H,57,73)(H,59,68)(H,61,69,70). The quantitative estimate of drug-likeness (QED) is 0.0488. The van der Waals surface area contributed by atoms with E-state index in [-0.39, 0.29) is 67.1 Å². The Kier molecular flexibility index (Phi) is 19.6. The summed E-state index contributed by atoms with van der Waals surface area (Å²) in [6, 6.07) is 7.28. The lowest BCUT2D eigenvalue weighted by Crippen LogP contribution is -2.54. The number of nitrogens with one attached hydrogen (secondary N) is 4. The Balaban J connectivity index is 0.616. The molecule has 5 aliphatic heterocycles. The Morgan fingerprint density at radius 3 is 2.27 bits per heavy atom. The number of urea groups is 1. The highest BCUT2D eigenvalue weighted by molar-refractivity contribution is 6.25. The van der Waals surface area contributed by atoms with Crippen LogP contribution in [0.3, 0.4) is 0 Å². The van der Waals surface area contributed by atoms with Crippen LogP contribution in [0.15, 0.2) is 42.7 Å². The molecule has 9 rings (SSSR count). The van der Waals surface area contributed by atoms with Crippen LogP contribution >= 0.6 is 0 Å². The molecule has 79 heavy (non-hydrogen) atoms. The number of alkyl halides is 2. The minimum atomic E-state index is -2.75. The van der Waals surface area contributed by atoms with Gasteiger partial charge in [0.1, 0.15) is 6.04 Å². The molecule has 2 aromatic carbocycles. The highest BCUT2D eigenvalue weighted by Gasteiger charge is 2.46. The van der Waals surface area contributed by atoms with Gasteiger partial charge in [0.15, 0.2) is 5.82 Å². The lowest BCUT2D eigenvalue weighted by atomic mass is 9.92. The normalized spacial score (nSPS) is 17.5. The van der Waals surface area contributed by atoms with E-state index in [4.69, 9.17) is 33.5 Å². The SMILES string of the molecule is CNC(=O)N1CCc2c(c(N3CCCc4cc(-c5cnn(CCNC(=O)CCOCCOCCOCCOCCOCCNc6cccc7c6C(=O)N(C6CCC(=O)NC6=O)C7=O)c5)c(C(F)F)cc43)nn2C2CCOCC2)C1. The first kappa shape index (κ1) is 56.8. The number of carbonyl (C=O) groups is 6. The van der Waals surface area contributed by atoms with Crippen molar-refractivity contribution in [1.29, 1.82) is 0 Å². The molecule has 7 heterocycles. The first-order chi connectivity index (χ1) is 38.5. The zero-order chi connectivity index (χ0) is 55.3. The van der Waals surface area contributed by atoms with Crippen molar-refractivity contribution in [2.75, 3.05) is 123 Å². The number of aryl methyl sites for hydroxylation is 1. The summed E-state index contributed by atoms with van der Waals surface area (Å²) < 4.78 is 67.2. The van der Waals surface area contributed by atoms with Crippen molar-refractivity contribution in [3.8, 4) is 11.1 Å². The summed E-state index contributed by atoms with van der Waals surface area (Å²) in [5.41, 5.74) is 5.38. The number of hydrogen-bond donors (Lipinski definition) is 4. The molecule has 25 heteroatoms. The number of ether oxygens (including phenoxy) is 6. The second kappa shape index (κ2) is 27.3. The number of amides is 7. The second-order valence-electron chi connectivity index (χ2n) is 19.6. The van der Waals surface area contributed by atoms with Gasteiger partial charge in [-0.15, -0.1) is 0 Å². The van der Waals surface area contributed by atoms with E-state index in [1.54, 1.807) is 47.2 Å². The van der Waals surface area contributed by atoms with Gasteiger partial charge in [-0.25, -0.2) is 13.6 Å². The Labute approximate surface area is 455 Å². The summed E-state index contributed by atoms with van der Waals surface area (Å²) in [7, 11) is 1.62. The average Bonchev–Trinajstić information content (AvgIpc) is 4.25. The molecule has 0 saturated carbocycles. The van der Waals surface area contributed by atoms with Crippen LogP contribution < -0.4 is 26.2 Å². The molecule has 7 amide bonds. The van der Waals surface area contributed by atoms with Crippen LogP contribution in [0.4, 0.5) is 30.8 Å². The van der Waals surface area contributed by atoms with Crippen LogP contribution in [0.2, 0.25) is 0 Å². The van der Waals surface area contributed by atoms with Gasteiger partial charge < -0.3 is 54.2 Å². The molecule has 2 aromatic heterocycles. The minimum Gasteiger partial charge on any atom is -0.382 e. The predicted octanol–water partition coefficient (Wildman–Crippen LogP) is 3.92. The fourth-order valence-corrected chi connectivity index (χ4v) is 10.6. The third kappa shape index (κ3) is 13.8. The number of anilines is 3. The Hall–Kier alpha value is -6.90. The van der Waals surface area contributed by atoms with Crippen LogP contribution in [0.5, 0.6) is 0 Å². The maximum Gasteiger partial charge on any atom is 0.317 e. The fraction of sp³-hybridized carbons (Fsp3) is 0.556. The van der Waals surface area contributed by atoms with E-state index in [2.05, 4.69) is 35.9 Å². The number of nitrogens with zero attached hydrogens (tertiary/aromatic N) is 7. The number of hydrogen-bond acceptors (Lipinski definition) is 16. The van der Waals surface area contributed by atoms with Gasteiger partial charge in [-0.2, -0.15) is 10.2 Å². The van der Waals surface area contributed by atoms with Crippen LogP contribution in [-0.2, 0) is 68.7 Å². The highest BCUT2D eigenvalue weighted by Crippen LogP contribution is 2.44. The van der Waals surface area contributed by atoms with Crippen molar-refractivity contribution in [3.05, 3.63) is 76.2 Å². The van der Waals surface area contributed by atoms with Crippen molar-refractivity contribution in [2.45, 2.75) is 83.0 Å². The number of imide groups is 2. The van der Waals surface area contributed by atoms with Crippen molar-refractivity contribution in [1.82, 2.24) is 45.3 Å². The zero-order valence-corrected chi connectivity index (χ0v) is 44.4. The molecule has 5 aliphatic rings. The number of fused-ring (bicyclic) bond motifs is 3. The molecule has 4 aromatic rings. The number of halogens is 2. The van der Waals surface area contributed by atoms with Gasteiger partial charge >= 0.3 is 6.03 Å². The summed E-state index contributed by atoms with van der Waals surface area (Å²) in [5, 5.41) is 20.5. The first-order valence-corrected chi connectivity index (χ1v) is 27.1. The smallest absolute Gasteiger partial charge is 0.317 e. The largest absolute Gasteiger partial charge is 0.382 e. The molecule has 426 valence electrons. The van der Waals surface area contributed by atoms with E-state index in [0.717, 1.165) is 41.0 Å². The molecule has 23 nitrogen and oxygen atoms in total. The molecular formula is C54H69F2N11O12. The number of carbonyl (C=O) groups excluding carboxylic acids is 6. The van der Waals surface area contributed by atoms with Crippen LogP contribution in [0.1, 0.15) is 94.1 Å². The van der Waals surface area contributed by atoms with Crippen LogP contribution in [-0.4, -0.2) is 183 Å². The molecule has 0 spiro atoms. The summed E-state index contributed by atoms with van der Waals surface area (Å²) in [4.78, 5) is 80.3. The molecule has 0 bridgehead atoms. The van der Waals surface area contributed by atoms with E-state index in [1.807, 2.05) is 6.07 Å². The third-order valence-corrected chi connectivity index (χ3v) is 14.6. The van der Waals surface area contributed by atoms with Crippen molar-refractivity contribution in [2.24, 2.45) is 0 Å². The fourth-order valence-electron chi connectivity index (χ4n) is 10.6. The van der Waals surface area contributed by atoms with E-state index in [0.29, 0.717) is 147 Å². The summed E-state index contributed by atoms with van der Waals surface area (Å²) in [6.07, 6.45) is 4.65. The molecule has 2 saturated heterocycles. The first-order valence-electron chi connectivity index (χ1n) is 27.1. The van der Waals surface area contributed by atoms with Gasteiger partial charge in [0, 0.05) is 106 Å². The highest BCUT2D eigenvalue weighted by atomic mass is 19.3. The van der Waals surface area contributed by atoms with Gasteiger partial charge in [0.25, 0.3) is 18.2 Å². The zero-order valence-electron chi connectivity index (χ0n) is 44.4. The van der Waals surface area contributed by atoms with E-state index >= 15 is 0 Å². The van der Waals surface area contributed by atoms with E-state index < -0.39 is 36.1 Å². The molecule has 2 fully saturated rings. The average molecular weight is 1100 g/mol. The summed E-state index contributed by atoms with van der Waals surface area (Å²) in [5.74, 6) is -1.72. The van der Waals surface area contributed by atoms with Gasteiger partial charge in [-0.3, -0.25) is 43.6 Å². The van der Waals surface area contributed by atoms with Crippen molar-refractivity contribution >= 4 is 52.8 Å². The lowest BCUT2D eigenvalue weighted by molar-refractivity contribution is -0.136. The van der Waals surface area contributed by atoms with Gasteiger partial charge in [0.05, 0.1) is 103 Å². The van der Waals surface area contributed by atoms with E-state index in [9.17, 15) is 37.5 Å². The maximum absolute atomic E-state index is 15.0. The number of rotatable bonds is 27. The maximum atomic E-state index is 15.0. The number of aromatic nitrogens is 4. The lowest BCUT2D eigenvalue weighted by Gasteiger charge is -2.33. The topological polar surface area (TPSA) is 251 Å². The monoisotopic (exact) mass is 1100 g/mol. The number of piperidine rings is 1. The summed E-state index contributed by atoms with van der Waals surface area (Å²) >= 11 is 0. The van der Waals surface area contributed by atoms with Gasteiger partial charge in [-0.05, 0) is 67.5 Å². The third-order valence-electron chi connectivity index (χ3n) is 14.6. The Morgan fingerprint density at radius 2 is 1.56 bits per heavy atom. The summed E-state index contributed by atoms with van der Waals surface area (Å²) in [6.45, 7) is 7.09. The molecule has 1 unspecified atom stereocenters. The van der Waals surface area contributed by atoms with E-state index in [1.165, 1.54) is 6.07 Å². The van der Waals surface area contributed by atoms with Crippen LogP contribution in [0.25, 0.3) is 11.1 Å². The van der Waals surface area contributed by atoms with Gasteiger partial charge in [0.2, 0.25) is 17.7 Å². The molecule has 1 atom stereocenters. The molecule has 0 radical (unpaired) electrons. The van der Waals surface area contributed by atoms with Crippen molar-refractivity contribution < 1.29 is 66.0 Å². The predicted molar refractivity (Wildman–Crippen MR) is 281 cm³/mol. The Morgan fingerprint density at radius 1 is 0.835 bits per heavy atom. The van der Waals surface area contributed by atoms with Crippen LogP contribution in [0, 0.1) is 0 Å². The number of benzene rings is 2. The van der Waals surface area contributed by atoms with Crippen molar-refractivity contribution in [3.63, 3.8) is 0 Å². The second-order valence-corrected chi connectivity index (χ2v) is 19.6. The van der Waals surface area contributed by atoms with Gasteiger partial charge in [-0.1, -0.05) is 6.07 Å². The minimum absolute atomic E-state index is 0.0467. The molecular weight excluding hydrogens is 1030 g/mol. The Bertz CT molecular complexity index is 2820.